The van der Waals surface area contributed by atoms with Crippen LogP contribution in [-0.2, 0) is 11.2 Å². The van der Waals surface area contributed by atoms with Gasteiger partial charge in [0.15, 0.2) is 0 Å². The van der Waals surface area contributed by atoms with Gasteiger partial charge in [-0.1, -0.05) is 24.6 Å². The summed E-state index contributed by atoms with van der Waals surface area (Å²) in [5, 5.41) is 4.28. The van der Waals surface area contributed by atoms with E-state index in [0.29, 0.717) is 11.2 Å². The van der Waals surface area contributed by atoms with Gasteiger partial charge in [0.05, 0.1) is 0 Å². The maximum atomic E-state index is 12.4. The summed E-state index contributed by atoms with van der Waals surface area (Å²) in [6, 6.07) is 4.57. The molecule has 2 aliphatic rings. The number of rotatable bonds is 5. The van der Waals surface area contributed by atoms with Crippen LogP contribution < -0.4 is 5.32 Å². The van der Waals surface area contributed by atoms with Gasteiger partial charge in [-0.2, -0.15) is 0 Å². The zero-order chi connectivity index (χ0) is 19.7. The lowest BCUT2D eigenvalue weighted by Gasteiger charge is -2.42. The van der Waals surface area contributed by atoms with Gasteiger partial charge in [-0.05, 0) is 69.4 Å². The third-order valence-electron chi connectivity index (χ3n) is 5.69. The van der Waals surface area contributed by atoms with Gasteiger partial charge in [-0.25, -0.2) is 9.78 Å². The Bertz CT molecular complexity index is 648. The van der Waals surface area contributed by atoms with Gasteiger partial charge in [0.2, 0.25) is 0 Å². The summed E-state index contributed by atoms with van der Waals surface area (Å²) in [5.74, 6) is 0.779. The third kappa shape index (κ3) is 5.82. The van der Waals surface area contributed by atoms with Gasteiger partial charge >= 0.3 is 6.09 Å². The van der Waals surface area contributed by atoms with E-state index in [1.54, 1.807) is 0 Å². The fourth-order valence-corrected chi connectivity index (χ4v) is 3.92. The number of pyridine rings is 1. The minimum absolute atomic E-state index is 0.135. The highest BCUT2D eigenvalue weighted by molar-refractivity contribution is 6.29. The molecule has 150 valence electrons. The van der Waals surface area contributed by atoms with E-state index in [-0.39, 0.29) is 11.5 Å². The van der Waals surface area contributed by atoms with Crippen molar-refractivity contribution in [3.05, 3.63) is 29.0 Å². The lowest BCUT2D eigenvalue weighted by atomic mass is 9.74. The molecule has 1 saturated heterocycles. The van der Waals surface area contributed by atoms with E-state index in [2.05, 4.69) is 23.3 Å². The second-order valence-electron chi connectivity index (χ2n) is 9.33. The molecule has 2 fully saturated rings. The minimum atomic E-state index is -0.454. The van der Waals surface area contributed by atoms with Crippen molar-refractivity contribution in [2.75, 3.05) is 19.6 Å². The number of piperidine rings is 1. The number of nitrogens with one attached hydrogen (secondary N) is 1. The number of hydrogen-bond acceptors (Lipinski definition) is 4. The molecule has 1 aliphatic carbocycles. The van der Waals surface area contributed by atoms with Gasteiger partial charge in [0, 0.05) is 31.9 Å². The summed E-state index contributed by atoms with van der Waals surface area (Å²) in [7, 11) is 0. The van der Waals surface area contributed by atoms with Crippen LogP contribution >= 0.6 is 11.6 Å². The van der Waals surface area contributed by atoms with E-state index in [1.807, 2.05) is 37.9 Å². The zero-order valence-corrected chi connectivity index (χ0v) is 17.7. The van der Waals surface area contributed by atoms with Crippen LogP contribution in [0.25, 0.3) is 0 Å². The summed E-state index contributed by atoms with van der Waals surface area (Å²) < 4.78 is 5.55. The minimum Gasteiger partial charge on any atom is -0.444 e. The molecule has 1 saturated carbocycles. The monoisotopic (exact) mass is 393 g/mol. The molecule has 2 unspecified atom stereocenters. The fourth-order valence-electron chi connectivity index (χ4n) is 3.80. The van der Waals surface area contributed by atoms with Gasteiger partial charge in [-0.15, -0.1) is 0 Å². The molecule has 0 spiro atoms. The van der Waals surface area contributed by atoms with Crippen LogP contribution in [0.1, 0.15) is 52.5 Å². The molecule has 1 aromatic heterocycles. The van der Waals surface area contributed by atoms with Crippen molar-refractivity contribution in [3.8, 4) is 0 Å². The molecule has 3 rings (SSSR count). The highest BCUT2D eigenvalue weighted by atomic mass is 35.5. The molecule has 27 heavy (non-hydrogen) atoms. The molecule has 1 aliphatic heterocycles. The van der Waals surface area contributed by atoms with Crippen LogP contribution in [0, 0.1) is 11.3 Å². The number of amides is 1. The first-order valence-electron chi connectivity index (χ1n) is 9.98. The van der Waals surface area contributed by atoms with Crippen molar-refractivity contribution in [2.24, 2.45) is 11.3 Å². The predicted octanol–water partition coefficient (Wildman–Crippen LogP) is 4.29. The Morgan fingerprint density at radius 1 is 1.37 bits per heavy atom. The summed E-state index contributed by atoms with van der Waals surface area (Å²) in [6.07, 6.45) is 5.82. The van der Waals surface area contributed by atoms with Crippen molar-refractivity contribution in [3.63, 3.8) is 0 Å². The van der Waals surface area contributed by atoms with E-state index in [9.17, 15) is 4.79 Å². The Morgan fingerprint density at radius 3 is 2.56 bits per heavy atom. The van der Waals surface area contributed by atoms with Crippen LogP contribution in [0.3, 0.4) is 0 Å². The van der Waals surface area contributed by atoms with Crippen molar-refractivity contribution in [1.82, 2.24) is 15.2 Å². The molecular formula is C21H32ClN3O2. The average molecular weight is 394 g/mol. The number of carbonyl (C=O) groups is 1. The quantitative estimate of drug-likeness (QED) is 0.758. The molecule has 0 aromatic carbocycles. The topological polar surface area (TPSA) is 54.5 Å². The van der Waals surface area contributed by atoms with Gasteiger partial charge in [0.1, 0.15) is 10.8 Å². The lowest BCUT2D eigenvalue weighted by molar-refractivity contribution is 0.00989. The first-order chi connectivity index (χ1) is 12.7. The Morgan fingerprint density at radius 2 is 2.04 bits per heavy atom. The van der Waals surface area contributed by atoms with Crippen molar-refractivity contribution in [1.29, 1.82) is 0 Å². The molecule has 1 amide bonds. The average Bonchev–Trinajstić information content (AvgIpc) is 3.30. The summed E-state index contributed by atoms with van der Waals surface area (Å²) in [4.78, 5) is 18.5. The maximum Gasteiger partial charge on any atom is 0.410 e. The Balaban J connectivity index is 1.64. The van der Waals surface area contributed by atoms with Crippen molar-refractivity contribution >= 4 is 17.7 Å². The van der Waals surface area contributed by atoms with Crippen LogP contribution in [0.4, 0.5) is 4.79 Å². The van der Waals surface area contributed by atoms with E-state index in [1.165, 1.54) is 12.0 Å². The molecule has 5 nitrogen and oxygen atoms in total. The highest BCUT2D eigenvalue weighted by Gasteiger charge is 2.40. The molecule has 2 heterocycles. The van der Waals surface area contributed by atoms with Crippen LogP contribution in [-0.4, -0.2) is 47.3 Å². The molecule has 0 radical (unpaired) electrons. The summed E-state index contributed by atoms with van der Waals surface area (Å²) >= 11 is 5.94. The number of nitrogens with zero attached hydrogens (tertiary/aromatic N) is 2. The second-order valence-corrected chi connectivity index (χ2v) is 9.72. The first-order valence-corrected chi connectivity index (χ1v) is 10.4. The Hall–Kier alpha value is -1.33. The van der Waals surface area contributed by atoms with Crippen molar-refractivity contribution < 1.29 is 9.53 Å². The Labute approximate surface area is 167 Å². The fraction of sp³-hybridized carbons (Fsp3) is 0.714. The van der Waals surface area contributed by atoms with E-state index < -0.39 is 5.60 Å². The van der Waals surface area contributed by atoms with Gasteiger partial charge < -0.3 is 15.0 Å². The van der Waals surface area contributed by atoms with Gasteiger partial charge in [0.25, 0.3) is 0 Å². The number of likely N-dealkylation sites (tertiary alicyclic amines) is 1. The number of halogens is 1. The number of ether oxygens (including phenoxy) is 1. The maximum absolute atomic E-state index is 12.4. The lowest BCUT2D eigenvalue weighted by Crippen LogP contribution is -2.49. The standard InChI is InChI=1S/C21H32ClN3O2/c1-15-11-17(15)24-14-21(12-16-5-6-18(22)23-13-16)7-9-25(10-8-21)19(26)27-20(2,3)4/h5-6,13,15,17,24H,7-12,14H2,1-4H3. The molecule has 2 atom stereocenters. The zero-order valence-electron chi connectivity index (χ0n) is 16.9. The van der Waals surface area contributed by atoms with E-state index in [4.69, 9.17) is 16.3 Å². The molecule has 6 heteroatoms. The third-order valence-corrected chi connectivity index (χ3v) is 5.92. The number of carbonyl (C=O) groups excluding carboxylic acids is 1. The molecule has 1 N–H and O–H groups in total. The smallest absolute Gasteiger partial charge is 0.410 e. The number of hydrogen-bond donors (Lipinski definition) is 1. The second kappa shape index (κ2) is 7.96. The molecular weight excluding hydrogens is 362 g/mol. The van der Waals surface area contributed by atoms with Crippen molar-refractivity contribution in [2.45, 2.75) is 65.0 Å². The van der Waals surface area contributed by atoms with Crippen LogP contribution in [0.15, 0.2) is 18.3 Å². The summed E-state index contributed by atoms with van der Waals surface area (Å²) in [6.45, 7) is 10.5. The molecule has 1 aromatic rings. The van der Waals surface area contributed by atoms with E-state index in [0.717, 1.165) is 44.8 Å². The Kier molecular flexibility index (Phi) is 6.02. The van der Waals surface area contributed by atoms with Crippen LogP contribution in [0.2, 0.25) is 5.15 Å². The SMILES string of the molecule is CC1CC1NCC1(Cc2ccc(Cl)nc2)CCN(C(=O)OC(C)(C)C)CC1. The molecule has 0 bridgehead atoms. The van der Waals surface area contributed by atoms with Crippen LogP contribution in [0.5, 0.6) is 0 Å². The highest BCUT2D eigenvalue weighted by Crippen LogP contribution is 2.37. The van der Waals surface area contributed by atoms with E-state index >= 15 is 0 Å². The first kappa shape index (κ1) is 20.4. The predicted molar refractivity (Wildman–Crippen MR) is 108 cm³/mol. The van der Waals surface area contributed by atoms with Gasteiger partial charge in [-0.3, -0.25) is 0 Å². The largest absolute Gasteiger partial charge is 0.444 e. The summed E-state index contributed by atoms with van der Waals surface area (Å²) in [5.41, 5.74) is 0.886. The normalized spacial score (nSPS) is 24.6. The number of aromatic nitrogens is 1.